The molecule has 0 aliphatic heterocycles. The van der Waals surface area contributed by atoms with E-state index in [1.54, 1.807) is 0 Å². The minimum Gasteiger partial charge on any atom is -0.493 e. The summed E-state index contributed by atoms with van der Waals surface area (Å²) in [7, 11) is -0.987. The average molecular weight is 689 g/mol. The molecule has 0 saturated heterocycles. The maximum absolute atomic E-state index is 6.61. The molecule has 3 aromatic carbocycles. The van der Waals surface area contributed by atoms with Crippen LogP contribution >= 0.6 is 7.92 Å². The first-order valence-corrected chi connectivity index (χ1v) is 21.6. The van der Waals surface area contributed by atoms with Crippen molar-refractivity contribution < 1.29 is 14.2 Å². The third-order valence-corrected chi connectivity index (χ3v) is 11.9. The molecule has 49 heavy (non-hydrogen) atoms. The number of hydrogen-bond donors (Lipinski definition) is 0. The van der Waals surface area contributed by atoms with Gasteiger partial charge in [-0.15, -0.1) is 0 Å². The number of para-hydroxylation sites is 3. The molecular weight excluding hydrogens is 619 g/mol. The molecule has 3 aromatic rings. The average Bonchev–Trinajstić information content (AvgIpc) is 3.13. The third-order valence-electron chi connectivity index (χ3n) is 9.33. The van der Waals surface area contributed by atoms with Crippen molar-refractivity contribution in [1.29, 1.82) is 0 Å². The fourth-order valence-corrected chi connectivity index (χ4v) is 8.97. The monoisotopic (exact) mass is 688 g/mol. The van der Waals surface area contributed by atoms with Crippen LogP contribution in [0.5, 0.6) is 17.2 Å². The highest BCUT2D eigenvalue weighted by molar-refractivity contribution is 7.80. The predicted octanol–water partition coefficient (Wildman–Crippen LogP) is 12.8. The fraction of sp³-hybridized carbons (Fsp3) is 0.600. The van der Waals surface area contributed by atoms with E-state index in [-0.39, 0.29) is 0 Å². The zero-order valence-corrected chi connectivity index (χ0v) is 32.5. The van der Waals surface area contributed by atoms with Crippen molar-refractivity contribution in [2.75, 3.05) is 19.8 Å². The Labute approximate surface area is 302 Å². The Morgan fingerprint density at radius 1 is 0.327 bits per heavy atom. The van der Waals surface area contributed by atoms with Gasteiger partial charge in [0.05, 0.1) is 19.8 Å². The molecule has 0 atom stereocenters. The Balaban J connectivity index is 1.80. The summed E-state index contributed by atoms with van der Waals surface area (Å²) < 4.78 is 19.8. The van der Waals surface area contributed by atoms with E-state index in [0.29, 0.717) is 0 Å². The highest BCUT2D eigenvalue weighted by Crippen LogP contribution is 2.42. The molecule has 272 valence electrons. The van der Waals surface area contributed by atoms with Crippen LogP contribution in [0.1, 0.15) is 156 Å². The molecule has 0 radical (unpaired) electrons. The van der Waals surface area contributed by atoms with Crippen molar-refractivity contribution in [2.24, 2.45) is 0 Å². The van der Waals surface area contributed by atoms with Crippen LogP contribution in [-0.2, 0) is 0 Å². The summed E-state index contributed by atoms with van der Waals surface area (Å²) >= 11 is 0. The lowest BCUT2D eigenvalue weighted by Crippen LogP contribution is -2.25. The maximum Gasteiger partial charge on any atom is 0.127 e. The third kappa shape index (κ3) is 16.4. The molecule has 0 heterocycles. The maximum atomic E-state index is 6.61. The molecular formula is C45H69O3P. The van der Waals surface area contributed by atoms with Crippen LogP contribution in [0.4, 0.5) is 0 Å². The lowest BCUT2D eigenvalue weighted by Gasteiger charge is -2.26. The van der Waals surface area contributed by atoms with Crippen LogP contribution in [-0.4, -0.2) is 19.8 Å². The molecule has 0 aliphatic carbocycles. The molecule has 0 bridgehead atoms. The number of rotatable bonds is 30. The summed E-state index contributed by atoms with van der Waals surface area (Å²) in [6, 6.07) is 26.1. The molecule has 0 unspecified atom stereocenters. The normalized spacial score (nSPS) is 11.3. The van der Waals surface area contributed by atoms with E-state index < -0.39 is 7.92 Å². The highest BCUT2D eigenvalue weighted by atomic mass is 31.1. The second-order valence-electron chi connectivity index (χ2n) is 13.6. The Bertz CT molecular complexity index is 1080. The summed E-state index contributed by atoms with van der Waals surface area (Å²) in [5.41, 5.74) is 0. The van der Waals surface area contributed by atoms with Gasteiger partial charge in [0.1, 0.15) is 17.2 Å². The molecule has 0 saturated carbocycles. The molecule has 0 aromatic heterocycles. The molecule has 0 fully saturated rings. The van der Waals surface area contributed by atoms with E-state index in [4.69, 9.17) is 14.2 Å². The fourth-order valence-electron chi connectivity index (χ4n) is 6.41. The summed E-state index contributed by atoms with van der Waals surface area (Å²) in [6.07, 6.45) is 26.8. The Morgan fingerprint density at radius 2 is 0.571 bits per heavy atom. The number of benzene rings is 3. The van der Waals surface area contributed by atoms with Crippen LogP contribution in [0.15, 0.2) is 72.8 Å². The van der Waals surface area contributed by atoms with Crippen LogP contribution < -0.4 is 30.1 Å². The van der Waals surface area contributed by atoms with Crippen LogP contribution in [0.2, 0.25) is 0 Å². The minimum absolute atomic E-state index is 0.751. The summed E-state index contributed by atoms with van der Waals surface area (Å²) in [5.74, 6) is 2.97. The second-order valence-corrected chi connectivity index (χ2v) is 15.8. The van der Waals surface area contributed by atoms with Gasteiger partial charge in [0.2, 0.25) is 0 Å². The molecule has 3 nitrogen and oxygen atoms in total. The Morgan fingerprint density at radius 3 is 0.857 bits per heavy atom. The van der Waals surface area contributed by atoms with Gasteiger partial charge in [-0.1, -0.05) is 191 Å². The number of ether oxygens (including phenoxy) is 3. The van der Waals surface area contributed by atoms with E-state index in [2.05, 4.69) is 93.6 Å². The molecule has 3 rings (SSSR count). The van der Waals surface area contributed by atoms with Crippen molar-refractivity contribution in [3.8, 4) is 17.2 Å². The van der Waals surface area contributed by atoms with Gasteiger partial charge in [-0.3, -0.25) is 0 Å². The van der Waals surface area contributed by atoms with Gasteiger partial charge in [-0.2, -0.15) is 0 Å². The van der Waals surface area contributed by atoms with Gasteiger partial charge in [-0.05, 0) is 45.4 Å². The van der Waals surface area contributed by atoms with E-state index >= 15 is 0 Å². The van der Waals surface area contributed by atoms with Crippen molar-refractivity contribution in [1.82, 2.24) is 0 Å². The minimum atomic E-state index is -0.987. The largest absolute Gasteiger partial charge is 0.493 e. The van der Waals surface area contributed by atoms with Crippen molar-refractivity contribution in [3.63, 3.8) is 0 Å². The zero-order valence-electron chi connectivity index (χ0n) is 31.6. The molecule has 0 amide bonds. The van der Waals surface area contributed by atoms with Crippen molar-refractivity contribution in [2.45, 2.75) is 156 Å². The molecule has 0 N–H and O–H groups in total. The molecule has 0 aliphatic rings. The van der Waals surface area contributed by atoms with E-state index in [9.17, 15) is 0 Å². The number of unbranched alkanes of at least 4 members (excludes halogenated alkanes) is 18. The smallest absolute Gasteiger partial charge is 0.127 e. The second kappa shape index (κ2) is 27.2. The van der Waals surface area contributed by atoms with Crippen molar-refractivity contribution in [3.05, 3.63) is 72.8 Å². The van der Waals surface area contributed by atoms with Gasteiger partial charge >= 0.3 is 0 Å². The van der Waals surface area contributed by atoms with Gasteiger partial charge in [-0.25, -0.2) is 0 Å². The van der Waals surface area contributed by atoms with Crippen LogP contribution in [0.25, 0.3) is 0 Å². The Kier molecular flexibility index (Phi) is 22.7. The standard InChI is InChI=1S/C45H69O3P/c1-4-7-10-13-16-19-28-37-46-40-31-22-25-34-43(40)49(44-35-26-23-32-41(44)47-38-29-20-17-14-11-8-5-2)45-36-27-24-33-42(45)48-39-30-21-18-15-12-9-6-3/h22-27,31-36H,4-21,28-30,37-39H2,1-3H3. The predicted molar refractivity (Wildman–Crippen MR) is 216 cm³/mol. The summed E-state index contributed by atoms with van der Waals surface area (Å²) in [6.45, 7) is 9.09. The first-order valence-electron chi connectivity index (χ1n) is 20.3. The molecule has 0 spiro atoms. The van der Waals surface area contributed by atoms with Gasteiger partial charge in [0, 0.05) is 15.9 Å². The van der Waals surface area contributed by atoms with Gasteiger partial charge in [0.15, 0.2) is 0 Å². The SMILES string of the molecule is CCCCCCCCCOc1ccccc1P(c1ccccc1OCCCCCCCCC)c1ccccc1OCCCCCCCCC. The lowest BCUT2D eigenvalue weighted by atomic mass is 10.1. The highest BCUT2D eigenvalue weighted by Gasteiger charge is 2.26. The van der Waals surface area contributed by atoms with E-state index in [1.165, 1.54) is 131 Å². The summed E-state index contributed by atoms with van der Waals surface area (Å²) in [4.78, 5) is 0. The van der Waals surface area contributed by atoms with E-state index in [1.807, 2.05) is 0 Å². The lowest BCUT2D eigenvalue weighted by molar-refractivity contribution is 0.306. The molecule has 4 heteroatoms. The van der Waals surface area contributed by atoms with E-state index in [0.717, 1.165) is 56.3 Å². The van der Waals surface area contributed by atoms with Crippen LogP contribution in [0, 0.1) is 0 Å². The van der Waals surface area contributed by atoms with Crippen LogP contribution in [0.3, 0.4) is 0 Å². The zero-order chi connectivity index (χ0) is 34.6. The quantitative estimate of drug-likeness (QED) is 0.0515. The van der Waals surface area contributed by atoms with Crippen molar-refractivity contribution >= 4 is 23.8 Å². The van der Waals surface area contributed by atoms with Gasteiger partial charge in [0.25, 0.3) is 0 Å². The van der Waals surface area contributed by atoms with Gasteiger partial charge < -0.3 is 14.2 Å². The summed E-state index contributed by atoms with van der Waals surface area (Å²) in [5, 5.41) is 3.71. The number of hydrogen-bond acceptors (Lipinski definition) is 3. The Hall–Kier alpha value is -2.51. The topological polar surface area (TPSA) is 27.7 Å². The first-order chi connectivity index (χ1) is 24.3. The first kappa shape index (κ1) is 40.9.